The molecule has 34 heavy (non-hydrogen) atoms. The Labute approximate surface area is 201 Å². The number of benzene rings is 1. The fourth-order valence-corrected chi connectivity index (χ4v) is 3.88. The highest BCUT2D eigenvalue weighted by atomic mass is 35.5. The molecule has 4 aromatic rings. The molecule has 0 saturated heterocycles. The van der Waals surface area contributed by atoms with Crippen LogP contribution in [0.4, 0.5) is 4.39 Å². The van der Waals surface area contributed by atoms with Gasteiger partial charge in [0, 0.05) is 31.1 Å². The summed E-state index contributed by atoms with van der Waals surface area (Å²) in [5, 5.41) is 9.39. The van der Waals surface area contributed by atoms with Crippen molar-refractivity contribution in [2.75, 3.05) is 0 Å². The van der Waals surface area contributed by atoms with Gasteiger partial charge in [-0.1, -0.05) is 29.3 Å². The molecule has 0 radical (unpaired) electrons. The third kappa shape index (κ3) is 4.05. The van der Waals surface area contributed by atoms with Crippen molar-refractivity contribution in [1.29, 1.82) is 5.26 Å². The third-order valence-corrected chi connectivity index (χ3v) is 5.61. The number of hydrogen-bond donors (Lipinski definition) is 0. The minimum atomic E-state index is -0.844. The molecule has 0 aliphatic heterocycles. The number of nitriles is 1. The number of aryl methyl sites for hydroxylation is 1. The maximum atomic E-state index is 13.9. The van der Waals surface area contributed by atoms with E-state index in [1.165, 1.54) is 53.5 Å². The number of rotatable bonds is 4. The molecule has 0 amide bonds. The lowest BCUT2D eigenvalue weighted by Gasteiger charge is -2.19. The number of nitrogens with zero attached hydrogens (tertiary/aromatic N) is 5. The summed E-state index contributed by atoms with van der Waals surface area (Å²) in [6.45, 7) is -0.445. The van der Waals surface area contributed by atoms with Crippen LogP contribution in [0, 0.1) is 17.1 Å². The van der Waals surface area contributed by atoms with Crippen molar-refractivity contribution in [3.8, 4) is 34.1 Å². The van der Waals surface area contributed by atoms with Gasteiger partial charge in [0.2, 0.25) is 0 Å². The van der Waals surface area contributed by atoms with Crippen molar-refractivity contribution < 1.29 is 4.39 Å². The van der Waals surface area contributed by atoms with Crippen molar-refractivity contribution in [2.45, 2.75) is 6.54 Å². The number of halogens is 3. The van der Waals surface area contributed by atoms with E-state index in [4.69, 9.17) is 23.2 Å². The second-order valence-electron chi connectivity index (χ2n) is 7.25. The number of pyridine rings is 2. The van der Waals surface area contributed by atoms with Gasteiger partial charge in [0.1, 0.15) is 12.4 Å². The molecule has 11 heteroatoms. The lowest BCUT2D eigenvalue weighted by Crippen LogP contribution is -2.40. The highest BCUT2D eigenvalue weighted by Crippen LogP contribution is 2.31. The molecule has 170 valence electrons. The largest absolute Gasteiger partial charge is 0.337 e. The summed E-state index contributed by atoms with van der Waals surface area (Å²) in [7, 11) is 1.54. The standard InChI is InChI=1S/C23H14Cl2FN5O3/c1-29-6-4-14(9-19(29)32)21-20(13-2-3-18(26)17(25)8-13)22(33)31(23(34)30(21)7-5-27)16-10-15(24)11-28-12-16/h2-4,6,8-12H,7H2,1H3. The van der Waals surface area contributed by atoms with E-state index in [1.54, 1.807) is 7.05 Å². The minimum absolute atomic E-state index is 0.0168. The van der Waals surface area contributed by atoms with E-state index in [1.807, 2.05) is 6.07 Å². The fraction of sp³-hybridized carbons (Fsp3) is 0.0870. The molecule has 0 aliphatic carbocycles. The van der Waals surface area contributed by atoms with Gasteiger partial charge >= 0.3 is 5.69 Å². The van der Waals surface area contributed by atoms with E-state index in [2.05, 4.69) is 4.98 Å². The first-order chi connectivity index (χ1) is 16.2. The second-order valence-corrected chi connectivity index (χ2v) is 8.09. The van der Waals surface area contributed by atoms with Crippen LogP contribution in [0.15, 0.2) is 69.4 Å². The molecule has 4 rings (SSSR count). The number of hydrogen-bond acceptors (Lipinski definition) is 5. The van der Waals surface area contributed by atoms with E-state index in [0.717, 1.165) is 15.2 Å². The van der Waals surface area contributed by atoms with Crippen LogP contribution in [-0.4, -0.2) is 18.7 Å². The highest BCUT2D eigenvalue weighted by molar-refractivity contribution is 6.31. The van der Waals surface area contributed by atoms with Crippen molar-refractivity contribution in [1.82, 2.24) is 18.7 Å². The molecule has 0 atom stereocenters. The third-order valence-electron chi connectivity index (χ3n) is 5.11. The van der Waals surface area contributed by atoms with Gasteiger partial charge in [-0.05, 0) is 29.8 Å². The summed E-state index contributed by atoms with van der Waals surface area (Å²) in [5.74, 6) is -0.703. The Hall–Kier alpha value is -4.00. The van der Waals surface area contributed by atoms with Gasteiger partial charge in [-0.3, -0.25) is 19.1 Å². The van der Waals surface area contributed by atoms with Crippen molar-refractivity contribution in [3.05, 3.63) is 102 Å². The molecule has 8 nitrogen and oxygen atoms in total. The normalized spacial score (nSPS) is 10.8. The van der Waals surface area contributed by atoms with Gasteiger partial charge in [0.05, 0.1) is 39.3 Å². The van der Waals surface area contributed by atoms with E-state index in [0.29, 0.717) is 0 Å². The predicted molar refractivity (Wildman–Crippen MR) is 126 cm³/mol. The van der Waals surface area contributed by atoms with E-state index < -0.39 is 29.2 Å². The van der Waals surface area contributed by atoms with Crippen molar-refractivity contribution in [2.24, 2.45) is 7.05 Å². The highest BCUT2D eigenvalue weighted by Gasteiger charge is 2.24. The topological polar surface area (TPSA) is 103 Å². The summed E-state index contributed by atoms with van der Waals surface area (Å²) in [6.07, 6.45) is 4.07. The predicted octanol–water partition coefficient (Wildman–Crippen LogP) is 3.40. The molecule has 0 saturated carbocycles. The van der Waals surface area contributed by atoms with E-state index in [9.17, 15) is 24.0 Å². The molecule has 1 aromatic carbocycles. The van der Waals surface area contributed by atoms with Gasteiger partial charge in [-0.2, -0.15) is 5.26 Å². The Balaban J connectivity index is 2.23. The molecule has 0 aliphatic rings. The SMILES string of the molecule is Cn1ccc(-c2c(-c3ccc(F)c(Cl)c3)c(=O)n(-c3cncc(Cl)c3)c(=O)n2CC#N)cc1=O. The molecular formula is C23H14Cl2FN5O3. The summed E-state index contributed by atoms with van der Waals surface area (Å²) in [6, 6.07) is 9.68. The first-order valence-corrected chi connectivity index (χ1v) is 10.5. The first kappa shape index (κ1) is 23.2. The van der Waals surface area contributed by atoms with Crippen LogP contribution in [0.5, 0.6) is 0 Å². The van der Waals surface area contributed by atoms with Crippen LogP contribution in [0.3, 0.4) is 0 Å². The van der Waals surface area contributed by atoms with Gasteiger partial charge in [-0.15, -0.1) is 0 Å². The molecule has 3 heterocycles. The molecule has 0 N–H and O–H groups in total. The van der Waals surface area contributed by atoms with Gasteiger partial charge in [-0.25, -0.2) is 13.8 Å². The zero-order chi connectivity index (χ0) is 24.6. The molecular weight excluding hydrogens is 484 g/mol. The maximum Gasteiger partial charge on any atom is 0.337 e. The van der Waals surface area contributed by atoms with Gasteiger partial charge < -0.3 is 4.57 Å². The van der Waals surface area contributed by atoms with E-state index >= 15 is 0 Å². The van der Waals surface area contributed by atoms with E-state index in [-0.39, 0.29) is 38.1 Å². The van der Waals surface area contributed by atoms with Crippen LogP contribution in [0.2, 0.25) is 10.0 Å². The first-order valence-electron chi connectivity index (χ1n) is 9.73. The second kappa shape index (κ2) is 9.09. The molecule has 3 aromatic heterocycles. The zero-order valence-corrected chi connectivity index (χ0v) is 19.0. The monoisotopic (exact) mass is 497 g/mol. The van der Waals surface area contributed by atoms with Crippen molar-refractivity contribution in [3.63, 3.8) is 0 Å². The maximum absolute atomic E-state index is 13.9. The lowest BCUT2D eigenvalue weighted by molar-refractivity contribution is 0.628. The Morgan fingerprint density at radius 1 is 1.06 bits per heavy atom. The molecule has 0 fully saturated rings. The number of aromatic nitrogens is 4. The molecule has 0 spiro atoms. The Morgan fingerprint density at radius 3 is 2.47 bits per heavy atom. The Kier molecular flexibility index (Phi) is 6.20. The van der Waals surface area contributed by atoms with Gasteiger partial charge in [0.15, 0.2) is 0 Å². The van der Waals surface area contributed by atoms with Crippen LogP contribution >= 0.6 is 23.2 Å². The average Bonchev–Trinajstić information content (AvgIpc) is 2.79. The smallest absolute Gasteiger partial charge is 0.319 e. The molecule has 0 unspecified atom stereocenters. The van der Waals surface area contributed by atoms with Crippen molar-refractivity contribution >= 4 is 23.2 Å². The summed E-state index contributed by atoms with van der Waals surface area (Å²) in [4.78, 5) is 43.5. The fourth-order valence-electron chi connectivity index (χ4n) is 3.53. The Bertz CT molecular complexity index is 1670. The average molecular weight is 498 g/mol. The summed E-state index contributed by atoms with van der Waals surface area (Å²) < 4.78 is 17.1. The van der Waals surface area contributed by atoms with Crippen LogP contribution in [0.25, 0.3) is 28.1 Å². The summed E-state index contributed by atoms with van der Waals surface area (Å²) >= 11 is 12.0. The van der Waals surface area contributed by atoms with Crippen LogP contribution < -0.4 is 16.8 Å². The molecule has 0 bridgehead atoms. The summed E-state index contributed by atoms with van der Waals surface area (Å²) in [5.41, 5.74) is -1.61. The van der Waals surface area contributed by atoms with Crippen LogP contribution in [0.1, 0.15) is 0 Å². The quantitative estimate of drug-likeness (QED) is 0.429. The van der Waals surface area contributed by atoms with Gasteiger partial charge in [0.25, 0.3) is 11.1 Å². The lowest BCUT2D eigenvalue weighted by atomic mass is 10.00. The zero-order valence-electron chi connectivity index (χ0n) is 17.5. The Morgan fingerprint density at radius 2 is 1.82 bits per heavy atom. The van der Waals surface area contributed by atoms with Crippen LogP contribution in [-0.2, 0) is 13.6 Å². The minimum Gasteiger partial charge on any atom is -0.319 e.